The number of rotatable bonds is 2. The van der Waals surface area contributed by atoms with Gasteiger partial charge in [-0.05, 0) is 7.05 Å². The van der Waals surface area contributed by atoms with Crippen LogP contribution >= 0.6 is 0 Å². The number of carbonyl (C=O) groups excluding carboxylic acids is 1. The van der Waals surface area contributed by atoms with Gasteiger partial charge in [-0.25, -0.2) is 0 Å². The molecule has 1 saturated heterocycles. The average Bonchev–Trinajstić information content (AvgIpc) is 2.25. The molecular weight excluding hydrogens is 204 g/mol. The fraction of sp³-hybridized carbons (Fsp3) is 0.636. The number of piperazine rings is 1. The van der Waals surface area contributed by atoms with Crippen LogP contribution in [0.15, 0.2) is 11.8 Å². The maximum Gasteiger partial charge on any atom is 0.266 e. The van der Waals surface area contributed by atoms with Crippen molar-refractivity contribution in [3.63, 3.8) is 0 Å². The molecule has 16 heavy (non-hydrogen) atoms. The van der Waals surface area contributed by atoms with E-state index < -0.39 is 0 Å². The maximum absolute atomic E-state index is 12.0. The molecule has 1 fully saturated rings. The highest BCUT2D eigenvalue weighted by Gasteiger charge is 2.22. The zero-order chi connectivity index (χ0) is 12.1. The Morgan fingerprint density at radius 1 is 1.31 bits per heavy atom. The number of hydrogen-bond donors (Lipinski definition) is 0. The molecule has 0 atom stereocenters. The van der Waals surface area contributed by atoms with Crippen LogP contribution < -0.4 is 0 Å². The van der Waals surface area contributed by atoms with E-state index in [-0.39, 0.29) is 11.5 Å². The summed E-state index contributed by atoms with van der Waals surface area (Å²) in [6, 6.07) is 1.96. The van der Waals surface area contributed by atoms with Gasteiger partial charge in [0.2, 0.25) is 0 Å². The fourth-order valence-corrected chi connectivity index (χ4v) is 1.57. The van der Waals surface area contributed by atoms with Crippen LogP contribution in [0.2, 0.25) is 0 Å². The SMILES string of the molecule is CN(C)/C=C(\C#N)C(=O)N1CCN(C)CC1. The van der Waals surface area contributed by atoms with Gasteiger partial charge < -0.3 is 14.7 Å². The fourth-order valence-electron chi connectivity index (χ4n) is 1.57. The summed E-state index contributed by atoms with van der Waals surface area (Å²) in [5.74, 6) is -0.163. The van der Waals surface area contributed by atoms with E-state index in [1.54, 1.807) is 30.1 Å². The van der Waals surface area contributed by atoms with E-state index in [4.69, 9.17) is 5.26 Å². The normalized spacial score (nSPS) is 18.1. The van der Waals surface area contributed by atoms with Gasteiger partial charge in [-0.15, -0.1) is 0 Å². The molecule has 5 heteroatoms. The molecule has 0 aromatic carbocycles. The molecule has 0 aliphatic carbocycles. The summed E-state index contributed by atoms with van der Waals surface area (Å²) >= 11 is 0. The Kier molecular flexibility index (Phi) is 4.32. The Morgan fingerprint density at radius 2 is 1.88 bits per heavy atom. The lowest BCUT2D eigenvalue weighted by Gasteiger charge is -2.32. The molecule has 0 bridgehead atoms. The summed E-state index contributed by atoms with van der Waals surface area (Å²) < 4.78 is 0. The number of nitriles is 1. The van der Waals surface area contributed by atoms with Gasteiger partial charge in [-0.2, -0.15) is 5.26 Å². The summed E-state index contributed by atoms with van der Waals surface area (Å²) in [4.78, 5) is 17.6. The predicted octanol–water partition coefficient (Wildman–Crippen LogP) is -0.271. The topological polar surface area (TPSA) is 50.6 Å². The third kappa shape index (κ3) is 3.24. The van der Waals surface area contributed by atoms with Gasteiger partial charge >= 0.3 is 0 Å². The van der Waals surface area contributed by atoms with E-state index in [9.17, 15) is 4.79 Å². The first-order valence-electron chi connectivity index (χ1n) is 5.30. The lowest BCUT2D eigenvalue weighted by molar-refractivity contribution is -0.128. The van der Waals surface area contributed by atoms with E-state index >= 15 is 0 Å². The van der Waals surface area contributed by atoms with Crippen LogP contribution in [-0.4, -0.2) is 67.9 Å². The van der Waals surface area contributed by atoms with E-state index in [0.717, 1.165) is 13.1 Å². The minimum atomic E-state index is -0.163. The van der Waals surface area contributed by atoms with Gasteiger partial charge in [0.25, 0.3) is 5.91 Å². The van der Waals surface area contributed by atoms with E-state index in [1.807, 2.05) is 13.1 Å². The van der Waals surface area contributed by atoms with Gasteiger partial charge in [-0.1, -0.05) is 0 Å². The van der Waals surface area contributed by atoms with Crippen LogP contribution in [-0.2, 0) is 4.79 Å². The molecule has 1 heterocycles. The quantitative estimate of drug-likeness (QED) is 0.477. The first kappa shape index (κ1) is 12.5. The molecule has 0 radical (unpaired) electrons. The molecule has 5 nitrogen and oxygen atoms in total. The molecule has 0 aromatic rings. The molecule has 0 spiro atoms. The van der Waals surface area contributed by atoms with Gasteiger partial charge in [0.05, 0.1) is 0 Å². The van der Waals surface area contributed by atoms with Crippen LogP contribution in [0.5, 0.6) is 0 Å². The highest BCUT2D eigenvalue weighted by molar-refractivity contribution is 5.97. The Morgan fingerprint density at radius 3 is 2.31 bits per heavy atom. The Bertz CT molecular complexity index is 321. The molecule has 1 amide bonds. The van der Waals surface area contributed by atoms with Gasteiger partial charge in [0, 0.05) is 46.5 Å². The standard InChI is InChI=1S/C11H18N4O/c1-13(2)9-10(8-12)11(16)15-6-4-14(3)5-7-15/h9H,4-7H2,1-3H3/b10-9+. The lowest BCUT2D eigenvalue weighted by Crippen LogP contribution is -2.47. The van der Waals surface area contributed by atoms with Crippen molar-refractivity contribution in [3.8, 4) is 6.07 Å². The average molecular weight is 222 g/mol. The second-order valence-electron chi connectivity index (χ2n) is 4.21. The molecule has 0 aromatic heterocycles. The summed E-state index contributed by atoms with van der Waals surface area (Å²) in [5.41, 5.74) is 0.203. The number of amides is 1. The molecule has 0 unspecified atom stereocenters. The van der Waals surface area contributed by atoms with Crippen molar-refractivity contribution in [2.45, 2.75) is 0 Å². The molecule has 0 saturated carbocycles. The highest BCUT2D eigenvalue weighted by Crippen LogP contribution is 2.06. The van der Waals surface area contributed by atoms with Crippen LogP contribution in [0.25, 0.3) is 0 Å². The molecule has 1 aliphatic rings. The first-order valence-corrected chi connectivity index (χ1v) is 5.30. The zero-order valence-electron chi connectivity index (χ0n) is 10.1. The molecular formula is C11H18N4O. The summed E-state index contributed by atoms with van der Waals surface area (Å²) in [5, 5.41) is 8.93. The Hall–Kier alpha value is -1.54. The maximum atomic E-state index is 12.0. The van der Waals surface area contributed by atoms with Crippen molar-refractivity contribution in [2.24, 2.45) is 0 Å². The zero-order valence-corrected chi connectivity index (χ0v) is 10.1. The van der Waals surface area contributed by atoms with Gasteiger partial charge in [0.15, 0.2) is 0 Å². The minimum Gasteiger partial charge on any atom is -0.382 e. The van der Waals surface area contributed by atoms with Crippen LogP contribution in [0.4, 0.5) is 0 Å². The largest absolute Gasteiger partial charge is 0.382 e. The summed E-state index contributed by atoms with van der Waals surface area (Å²) in [6.07, 6.45) is 1.57. The number of carbonyl (C=O) groups is 1. The van der Waals surface area contributed by atoms with Crippen LogP contribution in [0, 0.1) is 11.3 Å². The molecule has 1 aliphatic heterocycles. The monoisotopic (exact) mass is 222 g/mol. The second-order valence-corrected chi connectivity index (χ2v) is 4.21. The van der Waals surface area contributed by atoms with Crippen molar-refractivity contribution in [1.29, 1.82) is 5.26 Å². The third-order valence-electron chi connectivity index (χ3n) is 2.53. The number of likely N-dealkylation sites (N-methyl/N-ethyl adjacent to an activating group) is 1. The second kappa shape index (κ2) is 5.52. The molecule has 0 N–H and O–H groups in total. The minimum absolute atomic E-state index is 0.163. The van der Waals surface area contributed by atoms with Gasteiger partial charge in [-0.3, -0.25) is 4.79 Å². The Balaban J connectivity index is 2.67. The van der Waals surface area contributed by atoms with Crippen molar-refractivity contribution in [2.75, 3.05) is 47.3 Å². The van der Waals surface area contributed by atoms with Crippen molar-refractivity contribution >= 4 is 5.91 Å². The predicted molar refractivity (Wildman–Crippen MR) is 61.5 cm³/mol. The number of nitrogens with zero attached hydrogens (tertiary/aromatic N) is 4. The van der Waals surface area contributed by atoms with E-state index in [2.05, 4.69) is 4.90 Å². The van der Waals surface area contributed by atoms with Crippen molar-refractivity contribution in [1.82, 2.24) is 14.7 Å². The van der Waals surface area contributed by atoms with Gasteiger partial charge in [0.1, 0.15) is 11.6 Å². The molecule has 1 rings (SSSR count). The molecule has 88 valence electrons. The lowest BCUT2D eigenvalue weighted by atomic mass is 10.2. The third-order valence-corrected chi connectivity index (χ3v) is 2.53. The van der Waals surface area contributed by atoms with Crippen molar-refractivity contribution < 1.29 is 4.79 Å². The smallest absolute Gasteiger partial charge is 0.266 e. The summed E-state index contributed by atoms with van der Waals surface area (Å²) in [6.45, 7) is 3.13. The highest BCUT2D eigenvalue weighted by atomic mass is 16.2. The number of hydrogen-bond acceptors (Lipinski definition) is 4. The van der Waals surface area contributed by atoms with E-state index in [1.165, 1.54) is 0 Å². The first-order chi connectivity index (χ1) is 7.54. The Labute approximate surface area is 96.5 Å². The summed E-state index contributed by atoms with van der Waals surface area (Å²) in [7, 11) is 5.63. The van der Waals surface area contributed by atoms with E-state index in [0.29, 0.717) is 13.1 Å². The van der Waals surface area contributed by atoms with Crippen molar-refractivity contribution in [3.05, 3.63) is 11.8 Å². The van der Waals surface area contributed by atoms with Crippen LogP contribution in [0.3, 0.4) is 0 Å². The van der Waals surface area contributed by atoms with Crippen LogP contribution in [0.1, 0.15) is 0 Å².